The van der Waals surface area contributed by atoms with Crippen molar-refractivity contribution in [2.24, 2.45) is 5.73 Å². The molecule has 128 valence electrons. The summed E-state index contributed by atoms with van der Waals surface area (Å²) in [6.07, 6.45) is 5.78. The zero-order chi connectivity index (χ0) is 17.3. The molecule has 0 spiro atoms. The first-order valence-corrected chi connectivity index (χ1v) is 9.38. The number of carbonyl (C=O) groups is 1. The molecule has 0 bridgehead atoms. The fourth-order valence-electron chi connectivity index (χ4n) is 3.44. The van der Waals surface area contributed by atoms with Gasteiger partial charge in [0.25, 0.3) is 0 Å². The van der Waals surface area contributed by atoms with E-state index in [1.54, 1.807) is 13.1 Å². The molecule has 3 rings (SSSR count). The van der Waals surface area contributed by atoms with E-state index in [9.17, 15) is 9.59 Å². The molecule has 1 heterocycles. The van der Waals surface area contributed by atoms with Gasteiger partial charge in [-0.05, 0) is 60.6 Å². The van der Waals surface area contributed by atoms with E-state index in [1.165, 1.54) is 0 Å². The Morgan fingerprint density at radius 2 is 2.12 bits per heavy atom. The quantitative estimate of drug-likeness (QED) is 0.588. The van der Waals surface area contributed by atoms with Crippen molar-refractivity contribution in [1.29, 1.82) is 0 Å². The van der Waals surface area contributed by atoms with Gasteiger partial charge in [-0.15, -0.1) is 0 Å². The summed E-state index contributed by atoms with van der Waals surface area (Å²) >= 11 is 2.17. The van der Waals surface area contributed by atoms with Gasteiger partial charge in [0.05, 0.1) is 12.1 Å². The van der Waals surface area contributed by atoms with Gasteiger partial charge < -0.3 is 15.0 Å². The van der Waals surface area contributed by atoms with Gasteiger partial charge >= 0.3 is 5.97 Å². The summed E-state index contributed by atoms with van der Waals surface area (Å²) in [5.74, 6) is -0.568. The van der Waals surface area contributed by atoms with Crippen LogP contribution in [0.4, 0.5) is 0 Å². The van der Waals surface area contributed by atoms with Gasteiger partial charge in [-0.2, -0.15) is 0 Å². The molecule has 24 heavy (non-hydrogen) atoms. The number of benzene rings is 1. The molecule has 2 aromatic rings. The van der Waals surface area contributed by atoms with Gasteiger partial charge in [0.15, 0.2) is 0 Å². The lowest BCUT2D eigenvalue weighted by Crippen LogP contribution is -2.36. The van der Waals surface area contributed by atoms with Crippen molar-refractivity contribution in [2.75, 3.05) is 6.61 Å². The van der Waals surface area contributed by atoms with E-state index >= 15 is 0 Å². The van der Waals surface area contributed by atoms with Gasteiger partial charge in [-0.3, -0.25) is 4.79 Å². The third-order valence-electron chi connectivity index (χ3n) is 4.63. The van der Waals surface area contributed by atoms with Crippen LogP contribution < -0.4 is 11.2 Å². The standard InChI is InChI=1S/C18H21IN2O3/c1-2-24-18(23)13-10-21(16-6-4-3-5-14(16)20)15-8-7-11(19)9-12(15)17(13)22/h7-10,14,16H,2-6,20H2,1H3. The Kier molecular flexibility index (Phi) is 5.24. The van der Waals surface area contributed by atoms with E-state index in [2.05, 4.69) is 22.6 Å². The highest BCUT2D eigenvalue weighted by Gasteiger charge is 2.26. The van der Waals surface area contributed by atoms with Crippen LogP contribution in [0.5, 0.6) is 0 Å². The fraction of sp³-hybridized carbons (Fsp3) is 0.444. The normalized spacial score (nSPS) is 21.0. The molecule has 2 atom stereocenters. The Morgan fingerprint density at radius 1 is 1.38 bits per heavy atom. The Bertz CT molecular complexity index is 831. The van der Waals surface area contributed by atoms with E-state index < -0.39 is 5.97 Å². The summed E-state index contributed by atoms with van der Waals surface area (Å²) in [4.78, 5) is 25.0. The maximum Gasteiger partial charge on any atom is 0.343 e. The summed E-state index contributed by atoms with van der Waals surface area (Å²) in [7, 11) is 0. The number of fused-ring (bicyclic) bond motifs is 1. The van der Waals surface area contributed by atoms with Crippen molar-refractivity contribution in [3.63, 3.8) is 0 Å². The first-order chi connectivity index (χ1) is 11.5. The first-order valence-electron chi connectivity index (χ1n) is 8.30. The molecule has 1 aliphatic rings. The van der Waals surface area contributed by atoms with Crippen molar-refractivity contribution in [3.8, 4) is 0 Å². The molecular weight excluding hydrogens is 419 g/mol. The summed E-state index contributed by atoms with van der Waals surface area (Å²) in [6.45, 7) is 1.98. The lowest BCUT2D eigenvalue weighted by atomic mass is 9.90. The molecular formula is C18H21IN2O3. The molecule has 0 saturated heterocycles. The highest BCUT2D eigenvalue weighted by atomic mass is 127. The number of nitrogens with two attached hydrogens (primary N) is 1. The number of esters is 1. The molecule has 1 aliphatic carbocycles. The number of halogens is 1. The molecule has 0 aliphatic heterocycles. The van der Waals surface area contributed by atoms with Gasteiger partial charge in [0, 0.05) is 27.2 Å². The number of carbonyl (C=O) groups excluding carboxylic acids is 1. The topological polar surface area (TPSA) is 74.3 Å². The van der Waals surface area contributed by atoms with Crippen LogP contribution in [0.25, 0.3) is 10.9 Å². The Hall–Kier alpha value is -1.41. The monoisotopic (exact) mass is 440 g/mol. The highest BCUT2D eigenvalue weighted by molar-refractivity contribution is 14.1. The summed E-state index contributed by atoms with van der Waals surface area (Å²) < 4.78 is 8.04. The average molecular weight is 440 g/mol. The third-order valence-corrected chi connectivity index (χ3v) is 5.30. The summed E-state index contributed by atoms with van der Waals surface area (Å²) in [5.41, 5.74) is 6.98. The molecule has 1 fully saturated rings. The zero-order valence-corrected chi connectivity index (χ0v) is 15.8. The van der Waals surface area contributed by atoms with Crippen LogP contribution in [0.2, 0.25) is 0 Å². The Morgan fingerprint density at radius 3 is 2.83 bits per heavy atom. The number of hydrogen-bond donors (Lipinski definition) is 1. The third kappa shape index (κ3) is 3.21. The molecule has 5 nitrogen and oxygen atoms in total. The van der Waals surface area contributed by atoms with Crippen LogP contribution in [0.1, 0.15) is 49.0 Å². The number of hydrogen-bond acceptors (Lipinski definition) is 4. The lowest BCUT2D eigenvalue weighted by molar-refractivity contribution is 0.0524. The highest BCUT2D eigenvalue weighted by Crippen LogP contribution is 2.30. The molecule has 0 radical (unpaired) electrons. The van der Waals surface area contributed by atoms with Crippen molar-refractivity contribution in [3.05, 3.63) is 43.8 Å². The van der Waals surface area contributed by atoms with E-state index in [-0.39, 0.29) is 29.7 Å². The fourth-order valence-corrected chi connectivity index (χ4v) is 3.93. The van der Waals surface area contributed by atoms with Crippen LogP contribution in [-0.2, 0) is 4.74 Å². The maximum atomic E-state index is 12.8. The smallest absolute Gasteiger partial charge is 0.343 e. The van der Waals surface area contributed by atoms with E-state index in [1.807, 2.05) is 22.8 Å². The summed E-state index contributed by atoms with van der Waals surface area (Å²) in [6, 6.07) is 5.85. The SMILES string of the molecule is CCOC(=O)c1cn(C2CCCCC2N)c2ccc(I)cc2c1=O. The second-order valence-electron chi connectivity index (χ2n) is 6.18. The Labute approximate surface area is 154 Å². The van der Waals surface area contributed by atoms with E-state index in [0.717, 1.165) is 34.8 Å². The predicted octanol–water partition coefficient (Wildman–Crippen LogP) is 3.23. The minimum absolute atomic E-state index is 0.0266. The number of ether oxygens (including phenoxy) is 1. The minimum atomic E-state index is -0.568. The van der Waals surface area contributed by atoms with Crippen LogP contribution in [0.3, 0.4) is 0 Å². The van der Waals surface area contributed by atoms with Crippen molar-refractivity contribution >= 4 is 39.5 Å². The van der Waals surface area contributed by atoms with Crippen LogP contribution in [0.15, 0.2) is 29.2 Å². The van der Waals surface area contributed by atoms with Gasteiger partial charge in [0.2, 0.25) is 5.43 Å². The van der Waals surface area contributed by atoms with Crippen molar-refractivity contribution in [1.82, 2.24) is 4.57 Å². The molecule has 0 amide bonds. The number of pyridine rings is 1. The van der Waals surface area contributed by atoms with Crippen LogP contribution in [0, 0.1) is 3.57 Å². The number of rotatable bonds is 3. The molecule has 2 unspecified atom stereocenters. The molecule has 1 saturated carbocycles. The van der Waals surface area contributed by atoms with Gasteiger partial charge in [0.1, 0.15) is 5.56 Å². The van der Waals surface area contributed by atoms with Crippen LogP contribution in [-0.4, -0.2) is 23.2 Å². The number of nitrogens with zero attached hydrogens (tertiary/aromatic N) is 1. The average Bonchev–Trinajstić information content (AvgIpc) is 2.56. The molecule has 2 N–H and O–H groups in total. The Balaban J connectivity index is 2.25. The van der Waals surface area contributed by atoms with Crippen LogP contribution >= 0.6 is 22.6 Å². The molecule has 1 aromatic heterocycles. The zero-order valence-electron chi connectivity index (χ0n) is 13.6. The van der Waals surface area contributed by atoms with E-state index in [0.29, 0.717) is 5.39 Å². The van der Waals surface area contributed by atoms with Crippen molar-refractivity contribution < 1.29 is 9.53 Å². The largest absolute Gasteiger partial charge is 0.462 e. The van der Waals surface area contributed by atoms with Crippen molar-refractivity contribution in [2.45, 2.75) is 44.7 Å². The number of aromatic nitrogens is 1. The van der Waals surface area contributed by atoms with Gasteiger partial charge in [-0.1, -0.05) is 12.8 Å². The second kappa shape index (κ2) is 7.23. The minimum Gasteiger partial charge on any atom is -0.462 e. The molecule has 6 heteroatoms. The lowest BCUT2D eigenvalue weighted by Gasteiger charge is -2.32. The predicted molar refractivity (Wildman–Crippen MR) is 102 cm³/mol. The maximum absolute atomic E-state index is 12.8. The summed E-state index contributed by atoms with van der Waals surface area (Å²) in [5, 5.41) is 0.547. The van der Waals surface area contributed by atoms with Gasteiger partial charge in [-0.25, -0.2) is 4.79 Å². The second-order valence-corrected chi connectivity index (χ2v) is 7.42. The first kappa shape index (κ1) is 17.4. The van der Waals surface area contributed by atoms with E-state index in [4.69, 9.17) is 10.5 Å². The molecule has 1 aromatic carbocycles.